The van der Waals surface area contributed by atoms with E-state index in [0.717, 1.165) is 12.1 Å². The molecule has 5 nitrogen and oxygen atoms in total. The van der Waals surface area contributed by atoms with E-state index in [9.17, 15) is 13.6 Å². The maximum atomic E-state index is 14.2. The highest BCUT2D eigenvalue weighted by molar-refractivity contribution is 6.30. The summed E-state index contributed by atoms with van der Waals surface area (Å²) in [6, 6.07) is 4.91. The van der Waals surface area contributed by atoms with E-state index in [1.165, 1.54) is 12.1 Å². The van der Waals surface area contributed by atoms with Crippen molar-refractivity contribution in [1.29, 1.82) is 0 Å². The predicted octanol–water partition coefficient (Wildman–Crippen LogP) is 3.05. The van der Waals surface area contributed by atoms with Crippen molar-refractivity contribution in [2.45, 2.75) is 12.3 Å². The van der Waals surface area contributed by atoms with Crippen LogP contribution in [0.3, 0.4) is 0 Å². The molecular formula is C13H9ClF2N2O3. The first kappa shape index (κ1) is 15.1. The van der Waals surface area contributed by atoms with Crippen molar-refractivity contribution in [3.05, 3.63) is 58.7 Å². The average Bonchev–Trinajstić information content (AvgIpc) is 2.88. The summed E-state index contributed by atoms with van der Waals surface area (Å²) in [7, 11) is 0. The summed E-state index contributed by atoms with van der Waals surface area (Å²) in [6.07, 6.45) is -0.282. The SMILES string of the molecule is C=C(Cc1noc(C(F)(F)c2ccc(Cl)cc2)n1)C(=O)O. The number of hydrogen-bond donors (Lipinski definition) is 1. The molecule has 0 atom stereocenters. The molecule has 0 bridgehead atoms. The molecule has 110 valence electrons. The Morgan fingerprint density at radius 2 is 2.00 bits per heavy atom. The van der Waals surface area contributed by atoms with E-state index in [-0.39, 0.29) is 23.4 Å². The fraction of sp³-hybridized carbons (Fsp3) is 0.154. The second-order valence-electron chi connectivity index (χ2n) is 4.18. The van der Waals surface area contributed by atoms with Crippen LogP contribution < -0.4 is 0 Å². The minimum atomic E-state index is -3.50. The quantitative estimate of drug-likeness (QED) is 0.858. The third-order valence-electron chi connectivity index (χ3n) is 2.62. The maximum Gasteiger partial charge on any atom is 0.350 e. The van der Waals surface area contributed by atoms with Crippen LogP contribution in [-0.4, -0.2) is 21.2 Å². The lowest BCUT2D eigenvalue weighted by Gasteiger charge is -2.11. The highest BCUT2D eigenvalue weighted by atomic mass is 35.5. The third kappa shape index (κ3) is 3.25. The molecule has 0 saturated heterocycles. The smallest absolute Gasteiger partial charge is 0.350 e. The lowest BCUT2D eigenvalue weighted by molar-refractivity contribution is -0.132. The van der Waals surface area contributed by atoms with Crippen molar-refractivity contribution in [1.82, 2.24) is 10.1 Å². The number of aliphatic carboxylic acids is 1. The van der Waals surface area contributed by atoms with Crippen LogP contribution in [0.1, 0.15) is 17.3 Å². The molecule has 1 aromatic carbocycles. The van der Waals surface area contributed by atoms with Crippen LogP contribution in [0.2, 0.25) is 5.02 Å². The molecule has 0 amide bonds. The topological polar surface area (TPSA) is 76.2 Å². The molecule has 0 fully saturated rings. The van der Waals surface area contributed by atoms with Gasteiger partial charge in [-0.1, -0.05) is 35.5 Å². The summed E-state index contributed by atoms with van der Waals surface area (Å²) in [5.41, 5.74) is -0.587. The van der Waals surface area contributed by atoms with Crippen LogP contribution >= 0.6 is 11.6 Å². The van der Waals surface area contributed by atoms with Gasteiger partial charge in [0, 0.05) is 22.6 Å². The molecule has 0 aliphatic heterocycles. The van der Waals surface area contributed by atoms with Gasteiger partial charge in [0.25, 0.3) is 0 Å². The number of carbonyl (C=O) groups is 1. The first-order valence-electron chi connectivity index (χ1n) is 5.68. The summed E-state index contributed by atoms with van der Waals surface area (Å²) in [5, 5.41) is 12.3. The van der Waals surface area contributed by atoms with E-state index in [4.69, 9.17) is 16.7 Å². The Morgan fingerprint density at radius 3 is 2.57 bits per heavy atom. The van der Waals surface area contributed by atoms with Gasteiger partial charge in [0.1, 0.15) is 0 Å². The zero-order valence-electron chi connectivity index (χ0n) is 10.5. The van der Waals surface area contributed by atoms with Crippen LogP contribution in [0.4, 0.5) is 8.78 Å². The molecule has 0 unspecified atom stereocenters. The molecule has 0 aliphatic rings. The molecule has 1 aromatic heterocycles. The van der Waals surface area contributed by atoms with Crippen molar-refractivity contribution < 1.29 is 23.2 Å². The summed E-state index contributed by atoms with van der Waals surface area (Å²) in [5.74, 6) is -5.85. The summed E-state index contributed by atoms with van der Waals surface area (Å²) >= 11 is 5.64. The molecule has 0 spiro atoms. The monoisotopic (exact) mass is 314 g/mol. The second-order valence-corrected chi connectivity index (χ2v) is 4.62. The first-order valence-corrected chi connectivity index (χ1v) is 6.06. The normalized spacial score (nSPS) is 11.4. The molecule has 0 aliphatic carbocycles. The van der Waals surface area contributed by atoms with Crippen LogP contribution in [0.5, 0.6) is 0 Å². The lowest BCUT2D eigenvalue weighted by Crippen LogP contribution is -2.16. The van der Waals surface area contributed by atoms with Gasteiger partial charge < -0.3 is 9.63 Å². The summed E-state index contributed by atoms with van der Waals surface area (Å²) in [4.78, 5) is 14.1. The molecular weight excluding hydrogens is 306 g/mol. The van der Waals surface area contributed by atoms with Gasteiger partial charge >= 0.3 is 17.8 Å². The number of aromatic nitrogens is 2. The molecule has 21 heavy (non-hydrogen) atoms. The van der Waals surface area contributed by atoms with Crippen molar-refractivity contribution in [3.63, 3.8) is 0 Å². The number of rotatable bonds is 5. The van der Waals surface area contributed by atoms with Gasteiger partial charge in [-0.3, -0.25) is 0 Å². The number of nitrogens with zero attached hydrogens (tertiary/aromatic N) is 2. The minimum Gasteiger partial charge on any atom is -0.478 e. The van der Waals surface area contributed by atoms with Gasteiger partial charge in [-0.05, 0) is 12.1 Å². The number of benzene rings is 1. The van der Waals surface area contributed by atoms with Crippen LogP contribution in [0.25, 0.3) is 0 Å². The predicted molar refractivity (Wildman–Crippen MR) is 69.2 cm³/mol. The third-order valence-corrected chi connectivity index (χ3v) is 2.87. The standard InChI is InChI=1S/C13H9ClF2N2O3/c1-7(11(19)20)6-10-17-12(21-18-10)13(15,16)8-2-4-9(14)5-3-8/h2-5H,1,6H2,(H,19,20). The fourth-order valence-electron chi connectivity index (χ4n) is 1.50. The maximum absolute atomic E-state index is 14.2. The highest BCUT2D eigenvalue weighted by Crippen LogP contribution is 2.35. The van der Waals surface area contributed by atoms with Gasteiger partial charge in [-0.15, -0.1) is 0 Å². The Balaban J connectivity index is 2.25. The lowest BCUT2D eigenvalue weighted by atomic mass is 10.1. The first-order chi connectivity index (χ1) is 9.80. The fourth-order valence-corrected chi connectivity index (χ4v) is 1.63. The van der Waals surface area contributed by atoms with Gasteiger partial charge in [-0.2, -0.15) is 13.8 Å². The van der Waals surface area contributed by atoms with Crippen molar-refractivity contribution >= 4 is 17.6 Å². The minimum absolute atomic E-state index is 0.175. The number of alkyl halides is 2. The van der Waals surface area contributed by atoms with E-state index >= 15 is 0 Å². The highest BCUT2D eigenvalue weighted by Gasteiger charge is 2.40. The number of carboxylic acid groups (broad SMARTS) is 1. The number of hydrogen-bond acceptors (Lipinski definition) is 4. The Hall–Kier alpha value is -2.28. The van der Waals surface area contributed by atoms with Crippen molar-refractivity contribution in [2.75, 3.05) is 0 Å². The van der Waals surface area contributed by atoms with E-state index < -0.39 is 17.8 Å². The zero-order chi connectivity index (χ0) is 15.6. The number of carboxylic acids is 1. The van der Waals surface area contributed by atoms with E-state index in [0.29, 0.717) is 5.02 Å². The summed E-state index contributed by atoms with van der Waals surface area (Å²) in [6.45, 7) is 3.27. The summed E-state index contributed by atoms with van der Waals surface area (Å²) < 4.78 is 32.8. The molecule has 2 aromatic rings. The van der Waals surface area contributed by atoms with Crippen molar-refractivity contribution in [3.8, 4) is 0 Å². The molecule has 1 heterocycles. The van der Waals surface area contributed by atoms with Gasteiger partial charge in [-0.25, -0.2) is 4.79 Å². The Bertz CT molecular complexity index is 683. The molecule has 0 radical (unpaired) electrons. The van der Waals surface area contributed by atoms with Crippen LogP contribution in [0, 0.1) is 0 Å². The second kappa shape index (κ2) is 5.61. The molecule has 8 heteroatoms. The van der Waals surface area contributed by atoms with E-state index in [1.54, 1.807) is 0 Å². The van der Waals surface area contributed by atoms with Crippen LogP contribution in [0.15, 0.2) is 40.9 Å². The van der Waals surface area contributed by atoms with Gasteiger partial charge in [0.15, 0.2) is 5.82 Å². The molecule has 1 N–H and O–H groups in total. The van der Waals surface area contributed by atoms with Gasteiger partial charge in [0.2, 0.25) is 0 Å². The zero-order valence-corrected chi connectivity index (χ0v) is 11.3. The molecule has 0 saturated carbocycles. The number of halogens is 3. The molecule has 2 rings (SSSR count). The van der Waals surface area contributed by atoms with Crippen molar-refractivity contribution in [2.24, 2.45) is 0 Å². The Labute approximate surface area is 122 Å². The van der Waals surface area contributed by atoms with E-state index in [1.807, 2.05) is 0 Å². The average molecular weight is 315 g/mol. The van der Waals surface area contributed by atoms with Gasteiger partial charge in [0.05, 0.1) is 0 Å². The van der Waals surface area contributed by atoms with Crippen LogP contribution in [-0.2, 0) is 17.1 Å². The Kier molecular flexibility index (Phi) is 4.04. The Morgan fingerprint density at radius 1 is 1.38 bits per heavy atom. The van der Waals surface area contributed by atoms with E-state index in [2.05, 4.69) is 21.2 Å². The largest absolute Gasteiger partial charge is 0.478 e.